The second-order valence-corrected chi connectivity index (χ2v) is 8.61. The summed E-state index contributed by atoms with van der Waals surface area (Å²) in [4.78, 5) is 27.1. The zero-order valence-corrected chi connectivity index (χ0v) is 20.2. The maximum atomic E-state index is 15.3. The lowest BCUT2D eigenvalue weighted by Gasteiger charge is -2.20. The highest BCUT2D eigenvalue weighted by Gasteiger charge is 2.21. The molecular weight excluding hydrogens is 461 g/mol. The third-order valence-corrected chi connectivity index (χ3v) is 5.80. The van der Waals surface area contributed by atoms with E-state index in [0.717, 1.165) is 11.1 Å². The minimum Gasteiger partial charge on any atom is -0.480 e. The molecule has 5 aromatic rings. The molecule has 0 bridgehead atoms. The van der Waals surface area contributed by atoms with E-state index in [0.29, 0.717) is 33.4 Å². The molecule has 0 fully saturated rings. The number of ether oxygens (including phenoxy) is 1. The molecule has 9 nitrogen and oxygen atoms in total. The van der Waals surface area contributed by atoms with Gasteiger partial charge in [0.05, 0.1) is 28.3 Å². The van der Waals surface area contributed by atoms with Gasteiger partial charge in [0, 0.05) is 44.5 Å². The quantitative estimate of drug-likeness (QED) is 0.383. The maximum absolute atomic E-state index is 15.3. The average Bonchev–Trinajstić information content (AvgIpc) is 3.31. The maximum Gasteiger partial charge on any atom is 0.262 e. The number of pyridine rings is 1. The smallest absolute Gasteiger partial charge is 0.262 e. The molecule has 182 valence electrons. The van der Waals surface area contributed by atoms with Gasteiger partial charge in [0.2, 0.25) is 0 Å². The van der Waals surface area contributed by atoms with Crippen LogP contribution in [0.5, 0.6) is 5.75 Å². The summed E-state index contributed by atoms with van der Waals surface area (Å²) >= 11 is 0. The lowest BCUT2D eigenvalue weighted by atomic mass is 10.1. The summed E-state index contributed by atoms with van der Waals surface area (Å²) < 4.78 is 23.2. The zero-order valence-electron chi connectivity index (χ0n) is 20.2. The Morgan fingerprint density at radius 2 is 1.94 bits per heavy atom. The molecule has 0 saturated carbocycles. The fourth-order valence-electron chi connectivity index (χ4n) is 4.02. The van der Waals surface area contributed by atoms with E-state index in [9.17, 15) is 4.79 Å². The molecule has 1 unspecified atom stereocenters. The van der Waals surface area contributed by atoms with E-state index >= 15 is 4.39 Å². The number of carbonyl (C=O) groups is 1. The first kappa shape index (κ1) is 23.2. The van der Waals surface area contributed by atoms with E-state index in [4.69, 9.17) is 4.74 Å². The van der Waals surface area contributed by atoms with Gasteiger partial charge in [0.1, 0.15) is 17.9 Å². The predicted octanol–water partition coefficient (Wildman–Crippen LogP) is 4.32. The first-order valence-electron chi connectivity index (χ1n) is 11.3. The zero-order chi connectivity index (χ0) is 25.4. The number of aryl methyl sites for hydroxylation is 1. The van der Waals surface area contributed by atoms with Crippen molar-refractivity contribution >= 4 is 39.2 Å². The van der Waals surface area contributed by atoms with E-state index in [1.807, 2.05) is 25.4 Å². The Balaban J connectivity index is 1.65. The van der Waals surface area contributed by atoms with Crippen LogP contribution in [-0.2, 0) is 11.8 Å². The molecule has 10 heteroatoms. The van der Waals surface area contributed by atoms with Crippen molar-refractivity contribution in [3.05, 3.63) is 67.1 Å². The highest BCUT2D eigenvalue weighted by atomic mass is 19.1. The normalized spacial score (nSPS) is 12.0. The molecule has 0 saturated heterocycles. The van der Waals surface area contributed by atoms with Gasteiger partial charge in [-0.1, -0.05) is 0 Å². The second kappa shape index (κ2) is 9.21. The third-order valence-electron chi connectivity index (χ3n) is 5.80. The standard InChI is InChI=1S/C26H24FN7O2/c1-15(26(35)33(2)3)36-22-11-16(17-12-31-34(4)13-17)10-21-23(22)25(30-14-29-21)32-20-8-7-19-18(24(20)27)6-5-9-28-19/h5-15H,1-4H3,(H,29,30,32). The first-order chi connectivity index (χ1) is 17.3. The minimum atomic E-state index is -0.774. The number of anilines is 2. The van der Waals surface area contributed by atoms with Crippen LogP contribution in [0.1, 0.15) is 6.92 Å². The molecule has 3 heterocycles. The number of rotatable bonds is 6. The number of amides is 1. The van der Waals surface area contributed by atoms with Crippen molar-refractivity contribution < 1.29 is 13.9 Å². The molecule has 5 rings (SSSR count). The van der Waals surface area contributed by atoms with Gasteiger partial charge in [-0.15, -0.1) is 0 Å². The molecule has 1 atom stereocenters. The lowest BCUT2D eigenvalue weighted by Crippen LogP contribution is -2.35. The molecule has 36 heavy (non-hydrogen) atoms. The number of benzene rings is 2. The molecule has 2 aromatic carbocycles. The summed E-state index contributed by atoms with van der Waals surface area (Å²) in [6.07, 6.45) is 5.85. The van der Waals surface area contributed by atoms with Crippen LogP contribution in [0.4, 0.5) is 15.9 Å². The van der Waals surface area contributed by atoms with Crippen LogP contribution >= 0.6 is 0 Å². The van der Waals surface area contributed by atoms with Gasteiger partial charge in [-0.25, -0.2) is 14.4 Å². The van der Waals surface area contributed by atoms with Gasteiger partial charge in [-0.05, 0) is 48.9 Å². The van der Waals surface area contributed by atoms with E-state index in [-0.39, 0.29) is 11.6 Å². The molecule has 1 N–H and O–H groups in total. The number of hydrogen-bond donors (Lipinski definition) is 1. The Hall–Kier alpha value is -4.60. The number of aromatic nitrogens is 5. The highest BCUT2D eigenvalue weighted by molar-refractivity contribution is 5.99. The average molecular weight is 486 g/mol. The molecule has 3 aromatic heterocycles. The predicted molar refractivity (Wildman–Crippen MR) is 136 cm³/mol. The van der Waals surface area contributed by atoms with Gasteiger partial charge < -0.3 is 15.0 Å². The van der Waals surface area contributed by atoms with Crippen LogP contribution < -0.4 is 10.1 Å². The van der Waals surface area contributed by atoms with Crippen molar-refractivity contribution in [2.75, 3.05) is 19.4 Å². The van der Waals surface area contributed by atoms with Gasteiger partial charge in [0.15, 0.2) is 11.9 Å². The number of carbonyl (C=O) groups excluding carboxylic acids is 1. The third kappa shape index (κ3) is 4.28. The van der Waals surface area contributed by atoms with E-state index in [2.05, 4.69) is 25.4 Å². The lowest BCUT2D eigenvalue weighted by molar-refractivity contribution is -0.135. The highest BCUT2D eigenvalue weighted by Crippen LogP contribution is 2.37. The second-order valence-electron chi connectivity index (χ2n) is 8.61. The molecule has 0 spiro atoms. The summed E-state index contributed by atoms with van der Waals surface area (Å²) in [5, 5.41) is 8.25. The molecule has 0 aliphatic carbocycles. The van der Waals surface area contributed by atoms with E-state index < -0.39 is 11.9 Å². The van der Waals surface area contributed by atoms with Gasteiger partial charge in [-0.3, -0.25) is 14.5 Å². The van der Waals surface area contributed by atoms with Crippen molar-refractivity contribution in [3.63, 3.8) is 0 Å². The van der Waals surface area contributed by atoms with Gasteiger partial charge in [-0.2, -0.15) is 5.10 Å². The van der Waals surface area contributed by atoms with E-state index in [1.165, 1.54) is 11.2 Å². The largest absolute Gasteiger partial charge is 0.480 e. The molecule has 1 amide bonds. The summed E-state index contributed by atoms with van der Waals surface area (Å²) in [5.74, 6) is 0.0896. The van der Waals surface area contributed by atoms with Crippen LogP contribution in [0.2, 0.25) is 0 Å². The Kier molecular flexibility index (Phi) is 5.93. The molecule has 0 radical (unpaired) electrons. The van der Waals surface area contributed by atoms with Crippen LogP contribution in [0.3, 0.4) is 0 Å². The Morgan fingerprint density at radius 3 is 2.69 bits per heavy atom. The fourth-order valence-corrected chi connectivity index (χ4v) is 4.02. The number of hydrogen-bond acceptors (Lipinski definition) is 7. The fraction of sp³-hybridized carbons (Fsp3) is 0.192. The number of fused-ring (bicyclic) bond motifs is 2. The summed E-state index contributed by atoms with van der Waals surface area (Å²) in [7, 11) is 5.16. The van der Waals surface area contributed by atoms with Crippen LogP contribution in [0.25, 0.3) is 32.9 Å². The van der Waals surface area contributed by atoms with E-state index in [1.54, 1.807) is 62.4 Å². The Bertz CT molecular complexity index is 1600. The Morgan fingerprint density at radius 1 is 1.11 bits per heavy atom. The summed E-state index contributed by atoms with van der Waals surface area (Å²) in [6.45, 7) is 1.68. The summed E-state index contributed by atoms with van der Waals surface area (Å²) in [6, 6.07) is 10.4. The van der Waals surface area contributed by atoms with Crippen molar-refractivity contribution in [2.45, 2.75) is 13.0 Å². The van der Waals surface area contributed by atoms with Crippen LogP contribution in [-0.4, -0.2) is 55.7 Å². The monoisotopic (exact) mass is 485 g/mol. The number of halogens is 1. The number of nitrogens with zero attached hydrogens (tertiary/aromatic N) is 6. The molecule has 0 aliphatic heterocycles. The van der Waals surface area contributed by atoms with Gasteiger partial charge >= 0.3 is 0 Å². The van der Waals surface area contributed by atoms with Crippen LogP contribution in [0.15, 0.2) is 61.3 Å². The van der Waals surface area contributed by atoms with Crippen molar-refractivity contribution in [1.29, 1.82) is 0 Å². The van der Waals surface area contributed by atoms with Crippen molar-refractivity contribution in [2.24, 2.45) is 7.05 Å². The number of nitrogens with one attached hydrogen (secondary N) is 1. The number of likely N-dealkylation sites (N-methyl/N-ethyl adjacent to an activating group) is 1. The first-order valence-corrected chi connectivity index (χ1v) is 11.3. The van der Waals surface area contributed by atoms with Crippen molar-refractivity contribution in [1.82, 2.24) is 29.6 Å². The topological polar surface area (TPSA) is 98.1 Å². The summed E-state index contributed by atoms with van der Waals surface area (Å²) in [5.41, 5.74) is 3.01. The van der Waals surface area contributed by atoms with Gasteiger partial charge in [0.25, 0.3) is 5.91 Å². The van der Waals surface area contributed by atoms with Crippen molar-refractivity contribution in [3.8, 4) is 16.9 Å². The molecule has 0 aliphatic rings. The van der Waals surface area contributed by atoms with Crippen LogP contribution in [0, 0.1) is 5.82 Å². The molecular formula is C26H24FN7O2. The SMILES string of the molecule is CC(Oc1cc(-c2cnn(C)c2)cc2ncnc(Nc3ccc4ncccc4c3F)c12)C(=O)N(C)C. The Labute approximate surface area is 206 Å². The minimum absolute atomic E-state index is 0.200.